The summed E-state index contributed by atoms with van der Waals surface area (Å²) < 4.78 is 35.1. The number of esters is 2. The first-order chi connectivity index (χ1) is 17.0. The highest BCUT2D eigenvalue weighted by atomic mass is 19.1. The minimum Gasteiger partial charge on any atom is -0.482 e. The van der Waals surface area contributed by atoms with Crippen LogP contribution >= 0.6 is 0 Å². The summed E-state index contributed by atoms with van der Waals surface area (Å²) in [5.41, 5.74) is 1.93. The number of carbonyl (C=O) groups excluding carboxylic acids is 2. The molecule has 0 spiro atoms. The molecule has 0 amide bonds. The van der Waals surface area contributed by atoms with E-state index in [1.165, 1.54) is 37.6 Å². The van der Waals surface area contributed by atoms with Crippen LogP contribution in [0.15, 0.2) is 76.1 Å². The van der Waals surface area contributed by atoms with Crippen molar-refractivity contribution >= 4 is 22.9 Å². The molecule has 0 unspecified atom stereocenters. The Bertz CT molecular complexity index is 1500. The van der Waals surface area contributed by atoms with Crippen molar-refractivity contribution in [1.29, 1.82) is 0 Å². The molecular weight excluding hydrogens is 455 g/mol. The van der Waals surface area contributed by atoms with Crippen molar-refractivity contribution in [2.45, 2.75) is 12.3 Å². The van der Waals surface area contributed by atoms with Crippen molar-refractivity contribution in [3.05, 3.63) is 94.1 Å². The molecular formula is C27H19FO7. The van der Waals surface area contributed by atoms with E-state index < -0.39 is 23.7 Å². The summed E-state index contributed by atoms with van der Waals surface area (Å²) in [6.07, 6.45) is 1.31. The van der Waals surface area contributed by atoms with Gasteiger partial charge in [-0.25, -0.2) is 9.18 Å². The Balaban J connectivity index is 1.66. The van der Waals surface area contributed by atoms with Gasteiger partial charge in [-0.15, -0.1) is 0 Å². The molecule has 35 heavy (non-hydrogen) atoms. The third-order valence-electron chi connectivity index (χ3n) is 5.91. The first-order valence-corrected chi connectivity index (χ1v) is 10.8. The smallest absolute Gasteiger partial charge is 0.343 e. The van der Waals surface area contributed by atoms with Gasteiger partial charge in [-0.05, 0) is 35.9 Å². The second kappa shape index (κ2) is 9.06. The molecule has 5 rings (SSSR count). The number of hydrogen-bond acceptors (Lipinski definition) is 7. The van der Waals surface area contributed by atoms with Gasteiger partial charge in [-0.1, -0.05) is 30.3 Å². The zero-order valence-corrected chi connectivity index (χ0v) is 18.6. The Labute approximate surface area is 198 Å². The number of carbonyl (C=O) groups is 2. The largest absolute Gasteiger partial charge is 0.482 e. The summed E-state index contributed by atoms with van der Waals surface area (Å²) in [6.45, 7) is -0.302. The summed E-state index contributed by atoms with van der Waals surface area (Å²) >= 11 is 0. The van der Waals surface area contributed by atoms with Crippen LogP contribution in [0.5, 0.6) is 11.5 Å². The maximum absolute atomic E-state index is 13.4. The Morgan fingerprint density at radius 1 is 1.06 bits per heavy atom. The van der Waals surface area contributed by atoms with Gasteiger partial charge in [0.05, 0.1) is 24.5 Å². The first-order valence-electron chi connectivity index (χ1n) is 10.8. The van der Waals surface area contributed by atoms with E-state index in [-0.39, 0.29) is 35.4 Å². The molecule has 0 bridgehead atoms. The van der Waals surface area contributed by atoms with Gasteiger partial charge in [0, 0.05) is 17.0 Å². The molecule has 0 saturated carbocycles. The average Bonchev–Trinajstić information content (AvgIpc) is 2.87. The third kappa shape index (κ3) is 4.14. The maximum Gasteiger partial charge on any atom is 0.343 e. The Morgan fingerprint density at radius 3 is 2.60 bits per heavy atom. The summed E-state index contributed by atoms with van der Waals surface area (Å²) in [7, 11) is 1.26. The van der Waals surface area contributed by atoms with Crippen molar-refractivity contribution in [1.82, 2.24) is 0 Å². The molecule has 4 aromatic rings. The Morgan fingerprint density at radius 2 is 1.83 bits per heavy atom. The van der Waals surface area contributed by atoms with Crippen molar-refractivity contribution in [3.8, 4) is 22.6 Å². The van der Waals surface area contributed by atoms with Gasteiger partial charge in [0.25, 0.3) is 0 Å². The molecule has 0 fully saturated rings. The predicted octanol–water partition coefficient (Wildman–Crippen LogP) is 4.59. The van der Waals surface area contributed by atoms with Crippen LogP contribution in [0.4, 0.5) is 4.39 Å². The lowest BCUT2D eigenvalue weighted by Gasteiger charge is -2.26. The number of halogens is 1. The molecule has 8 heteroatoms. The lowest BCUT2D eigenvalue weighted by Crippen LogP contribution is -2.23. The van der Waals surface area contributed by atoms with Crippen molar-refractivity contribution in [2.75, 3.05) is 13.7 Å². The monoisotopic (exact) mass is 474 g/mol. The average molecular weight is 474 g/mol. The van der Waals surface area contributed by atoms with Gasteiger partial charge in [-0.3, -0.25) is 9.59 Å². The van der Waals surface area contributed by atoms with Gasteiger partial charge >= 0.3 is 11.9 Å². The van der Waals surface area contributed by atoms with E-state index in [9.17, 15) is 18.8 Å². The second-order valence-corrected chi connectivity index (χ2v) is 7.97. The number of benzene rings is 3. The molecule has 0 radical (unpaired) electrons. The van der Waals surface area contributed by atoms with Gasteiger partial charge in [0.15, 0.2) is 6.61 Å². The second-order valence-electron chi connectivity index (χ2n) is 7.97. The number of para-hydroxylation sites is 1. The van der Waals surface area contributed by atoms with Crippen LogP contribution in [0, 0.1) is 5.82 Å². The van der Waals surface area contributed by atoms with E-state index in [2.05, 4.69) is 4.74 Å². The van der Waals surface area contributed by atoms with Crippen LogP contribution in [0.1, 0.15) is 23.5 Å². The molecule has 3 aromatic carbocycles. The SMILES string of the molecule is COC(=O)COc1ccccc1[C@H]1CC(=O)Oc2ccc3c(=O)c(-c4ccc(F)cc4)coc3c21. The molecule has 2 heterocycles. The quantitative estimate of drug-likeness (QED) is 0.309. The fourth-order valence-electron chi connectivity index (χ4n) is 4.25. The number of hydrogen-bond donors (Lipinski definition) is 0. The van der Waals surface area contributed by atoms with E-state index >= 15 is 0 Å². The predicted molar refractivity (Wildman–Crippen MR) is 124 cm³/mol. The zero-order valence-electron chi connectivity index (χ0n) is 18.6. The molecule has 7 nitrogen and oxygen atoms in total. The summed E-state index contributed by atoms with van der Waals surface area (Å²) in [5.74, 6) is -1.29. The van der Waals surface area contributed by atoms with Crippen molar-refractivity contribution in [3.63, 3.8) is 0 Å². The Hall–Kier alpha value is -4.46. The highest BCUT2D eigenvalue weighted by Gasteiger charge is 2.34. The van der Waals surface area contributed by atoms with E-state index in [0.29, 0.717) is 27.8 Å². The minimum atomic E-state index is -0.552. The first kappa shape index (κ1) is 22.3. The van der Waals surface area contributed by atoms with Crippen LogP contribution in [0.2, 0.25) is 0 Å². The molecule has 0 N–H and O–H groups in total. The minimum absolute atomic E-state index is 0.0197. The van der Waals surface area contributed by atoms with E-state index in [1.807, 2.05) is 0 Å². The Kier molecular flexibility index (Phi) is 5.78. The van der Waals surface area contributed by atoms with E-state index in [1.54, 1.807) is 36.4 Å². The number of rotatable bonds is 5. The van der Waals surface area contributed by atoms with Crippen LogP contribution in [-0.4, -0.2) is 25.7 Å². The van der Waals surface area contributed by atoms with E-state index in [4.69, 9.17) is 13.9 Å². The molecule has 1 aliphatic heterocycles. The summed E-state index contributed by atoms with van der Waals surface area (Å²) in [6, 6.07) is 15.7. The maximum atomic E-state index is 13.4. The zero-order chi connectivity index (χ0) is 24.5. The van der Waals surface area contributed by atoms with Gasteiger partial charge in [-0.2, -0.15) is 0 Å². The lowest BCUT2D eigenvalue weighted by molar-refractivity contribution is -0.143. The van der Waals surface area contributed by atoms with Gasteiger partial charge in [0.1, 0.15) is 29.2 Å². The molecule has 1 atom stereocenters. The number of methoxy groups -OCH3 is 1. The number of ether oxygens (including phenoxy) is 3. The highest BCUT2D eigenvalue weighted by molar-refractivity contribution is 5.90. The number of fused-ring (bicyclic) bond motifs is 3. The van der Waals surface area contributed by atoms with Crippen molar-refractivity contribution < 1.29 is 32.6 Å². The topological polar surface area (TPSA) is 92.0 Å². The third-order valence-corrected chi connectivity index (χ3v) is 5.91. The standard InChI is InChI=1S/C27H19FO7/c1-32-24(30)14-33-21-5-3-2-4-17(21)19-12-23(29)35-22-11-10-18-26(31)20(13-34-27(18)25(19)22)15-6-8-16(28)9-7-15/h2-11,13,19H,12,14H2,1H3/t19-/m1/s1. The van der Waals surface area contributed by atoms with Crippen LogP contribution in [-0.2, 0) is 14.3 Å². The highest BCUT2D eigenvalue weighted by Crippen LogP contribution is 2.45. The molecule has 1 aliphatic rings. The lowest BCUT2D eigenvalue weighted by atomic mass is 9.84. The van der Waals surface area contributed by atoms with Crippen LogP contribution in [0.25, 0.3) is 22.1 Å². The van der Waals surface area contributed by atoms with E-state index in [0.717, 1.165) is 0 Å². The summed E-state index contributed by atoms with van der Waals surface area (Å²) in [4.78, 5) is 37.4. The van der Waals surface area contributed by atoms with Crippen LogP contribution in [0.3, 0.4) is 0 Å². The van der Waals surface area contributed by atoms with Crippen molar-refractivity contribution in [2.24, 2.45) is 0 Å². The fraction of sp³-hybridized carbons (Fsp3) is 0.148. The normalized spacial score (nSPS) is 14.8. The fourth-order valence-corrected chi connectivity index (χ4v) is 4.25. The van der Waals surface area contributed by atoms with Crippen LogP contribution < -0.4 is 14.9 Å². The van der Waals surface area contributed by atoms with Gasteiger partial charge in [0.2, 0.25) is 5.43 Å². The summed E-state index contributed by atoms with van der Waals surface area (Å²) in [5, 5.41) is 0.293. The molecule has 0 aliphatic carbocycles. The molecule has 0 saturated heterocycles. The molecule has 1 aromatic heterocycles. The van der Waals surface area contributed by atoms with Gasteiger partial charge < -0.3 is 18.6 Å². The molecule has 176 valence electrons.